The molecule has 0 saturated heterocycles. The van der Waals surface area contributed by atoms with Crippen LogP contribution in [0.3, 0.4) is 0 Å². The zero-order valence-electron chi connectivity index (χ0n) is 14.3. The third kappa shape index (κ3) is 4.39. The van der Waals surface area contributed by atoms with Crippen LogP contribution in [0.5, 0.6) is 0 Å². The van der Waals surface area contributed by atoms with Gasteiger partial charge in [0.2, 0.25) is 5.91 Å². The first kappa shape index (κ1) is 19.9. The number of rotatable bonds is 5. The molecule has 0 aliphatic carbocycles. The van der Waals surface area contributed by atoms with E-state index in [1.54, 1.807) is 0 Å². The van der Waals surface area contributed by atoms with Crippen molar-refractivity contribution < 1.29 is 9.72 Å². The Morgan fingerprint density at radius 2 is 2.08 bits per heavy atom. The van der Waals surface area contributed by atoms with E-state index < -0.39 is 4.92 Å². The van der Waals surface area contributed by atoms with E-state index in [4.69, 9.17) is 0 Å². The molecule has 0 aliphatic heterocycles. The van der Waals surface area contributed by atoms with E-state index in [2.05, 4.69) is 32.3 Å². The molecule has 0 radical (unpaired) electrons. The molecule has 7 nitrogen and oxygen atoms in total. The van der Waals surface area contributed by atoms with Crippen molar-refractivity contribution in [1.29, 1.82) is 5.26 Å². The third-order valence-corrected chi connectivity index (χ3v) is 5.48. The molecule has 1 N–H and O–H groups in total. The Balaban J connectivity index is 2.11. The first-order chi connectivity index (χ1) is 12.2. The molecule has 1 amide bonds. The third-order valence-electron chi connectivity index (χ3n) is 3.85. The molecule has 0 atom stereocenters. The van der Waals surface area contributed by atoms with Gasteiger partial charge in [0.15, 0.2) is 0 Å². The number of pyridine rings is 1. The molecule has 134 valence electrons. The van der Waals surface area contributed by atoms with Crippen molar-refractivity contribution in [3.63, 3.8) is 0 Å². The number of amides is 1. The van der Waals surface area contributed by atoms with Gasteiger partial charge in [0.05, 0.1) is 21.9 Å². The molecule has 0 saturated carbocycles. The van der Waals surface area contributed by atoms with Gasteiger partial charge in [0.1, 0.15) is 11.1 Å². The molecule has 0 spiro atoms. The van der Waals surface area contributed by atoms with Gasteiger partial charge in [-0.05, 0) is 53.9 Å². The van der Waals surface area contributed by atoms with E-state index in [1.165, 1.54) is 30.0 Å². The molecule has 1 aromatic heterocycles. The highest BCUT2D eigenvalue weighted by Crippen LogP contribution is 2.29. The van der Waals surface area contributed by atoms with E-state index in [1.807, 2.05) is 20.8 Å². The average Bonchev–Trinajstić information content (AvgIpc) is 2.59. The lowest BCUT2D eigenvalue weighted by molar-refractivity contribution is -0.384. The Morgan fingerprint density at radius 1 is 1.38 bits per heavy atom. The number of hydrogen-bond donors (Lipinski definition) is 1. The molecule has 2 aromatic rings. The van der Waals surface area contributed by atoms with Gasteiger partial charge in [-0.1, -0.05) is 11.8 Å². The zero-order chi connectivity index (χ0) is 19.4. The van der Waals surface area contributed by atoms with Crippen LogP contribution in [-0.4, -0.2) is 21.6 Å². The number of nitriles is 1. The number of nitro benzene ring substituents is 1. The van der Waals surface area contributed by atoms with Crippen molar-refractivity contribution >= 4 is 45.0 Å². The molecule has 0 bridgehead atoms. The number of non-ortho nitro benzene ring substituents is 1. The highest BCUT2D eigenvalue weighted by molar-refractivity contribution is 9.10. The first-order valence-corrected chi connectivity index (χ1v) is 9.27. The molecular formula is C17H15BrN4O3S. The first-order valence-electron chi connectivity index (χ1n) is 7.49. The van der Waals surface area contributed by atoms with Crippen molar-refractivity contribution in [3.05, 3.63) is 55.2 Å². The number of carbonyl (C=O) groups excluding carboxylic acids is 1. The summed E-state index contributed by atoms with van der Waals surface area (Å²) in [6, 6.07) is 6.25. The van der Waals surface area contributed by atoms with Crippen molar-refractivity contribution in [1.82, 2.24) is 4.98 Å². The molecule has 9 heteroatoms. The summed E-state index contributed by atoms with van der Waals surface area (Å²) in [7, 11) is 0. The lowest BCUT2D eigenvalue weighted by Gasteiger charge is -2.11. The Hall–Kier alpha value is -2.44. The smallest absolute Gasteiger partial charge is 0.270 e. The maximum Gasteiger partial charge on any atom is 0.270 e. The molecule has 0 fully saturated rings. The number of aryl methyl sites for hydroxylation is 1. The lowest BCUT2D eigenvalue weighted by atomic mass is 10.1. The number of carbonyl (C=O) groups is 1. The van der Waals surface area contributed by atoms with E-state index in [-0.39, 0.29) is 17.3 Å². The highest BCUT2D eigenvalue weighted by Gasteiger charge is 2.15. The summed E-state index contributed by atoms with van der Waals surface area (Å²) in [5.41, 5.74) is 3.49. The summed E-state index contributed by atoms with van der Waals surface area (Å²) in [4.78, 5) is 26.8. The average molecular weight is 435 g/mol. The molecule has 1 heterocycles. The van der Waals surface area contributed by atoms with Gasteiger partial charge in [0.25, 0.3) is 5.69 Å². The second-order valence-electron chi connectivity index (χ2n) is 5.50. The van der Waals surface area contributed by atoms with Crippen molar-refractivity contribution in [2.75, 3.05) is 11.1 Å². The van der Waals surface area contributed by atoms with E-state index >= 15 is 0 Å². The normalized spacial score (nSPS) is 10.3. The van der Waals surface area contributed by atoms with Gasteiger partial charge in [-0.2, -0.15) is 5.26 Å². The number of benzene rings is 1. The predicted molar refractivity (Wildman–Crippen MR) is 103 cm³/mol. The summed E-state index contributed by atoms with van der Waals surface area (Å²) < 4.78 is 0.419. The Morgan fingerprint density at radius 3 is 2.65 bits per heavy atom. The van der Waals surface area contributed by atoms with Gasteiger partial charge in [0, 0.05) is 22.3 Å². The quantitative estimate of drug-likeness (QED) is 0.427. The van der Waals surface area contributed by atoms with Crippen LogP contribution in [0, 0.1) is 42.2 Å². The number of anilines is 1. The van der Waals surface area contributed by atoms with Crippen LogP contribution in [0.15, 0.2) is 27.7 Å². The molecule has 2 rings (SSSR count). The summed E-state index contributed by atoms with van der Waals surface area (Å²) in [5, 5.41) is 23.3. The maximum absolute atomic E-state index is 12.2. The molecular weight excluding hydrogens is 420 g/mol. The van der Waals surface area contributed by atoms with Crippen LogP contribution in [0.1, 0.15) is 22.4 Å². The van der Waals surface area contributed by atoms with Gasteiger partial charge < -0.3 is 5.32 Å². The largest absolute Gasteiger partial charge is 0.324 e. The van der Waals surface area contributed by atoms with Crippen LogP contribution >= 0.6 is 27.7 Å². The predicted octanol–water partition coefficient (Wildman–Crippen LogP) is 4.28. The number of hydrogen-bond acceptors (Lipinski definition) is 6. The van der Waals surface area contributed by atoms with Gasteiger partial charge in [-0.15, -0.1) is 0 Å². The van der Waals surface area contributed by atoms with Crippen LogP contribution in [0.2, 0.25) is 0 Å². The van der Waals surface area contributed by atoms with E-state index in [0.717, 1.165) is 16.8 Å². The van der Waals surface area contributed by atoms with E-state index in [9.17, 15) is 20.2 Å². The highest BCUT2D eigenvalue weighted by atomic mass is 79.9. The van der Waals surface area contributed by atoms with Crippen LogP contribution in [-0.2, 0) is 4.79 Å². The van der Waals surface area contributed by atoms with E-state index in [0.29, 0.717) is 20.7 Å². The summed E-state index contributed by atoms with van der Waals surface area (Å²) >= 11 is 4.39. The summed E-state index contributed by atoms with van der Waals surface area (Å²) in [6.07, 6.45) is 0. The second-order valence-corrected chi connectivity index (χ2v) is 7.32. The fraction of sp³-hybridized carbons (Fsp3) is 0.235. The minimum atomic E-state index is -0.511. The molecule has 0 aliphatic rings. The maximum atomic E-state index is 12.2. The van der Waals surface area contributed by atoms with Gasteiger partial charge in [-0.25, -0.2) is 4.98 Å². The molecule has 26 heavy (non-hydrogen) atoms. The van der Waals surface area contributed by atoms with Crippen LogP contribution in [0.25, 0.3) is 0 Å². The topological polar surface area (TPSA) is 109 Å². The zero-order valence-corrected chi connectivity index (χ0v) is 16.7. The molecule has 1 aromatic carbocycles. The van der Waals surface area contributed by atoms with Crippen molar-refractivity contribution in [3.8, 4) is 6.07 Å². The van der Waals surface area contributed by atoms with Crippen molar-refractivity contribution in [2.45, 2.75) is 25.8 Å². The Bertz CT molecular complexity index is 941. The Kier molecular flexibility index (Phi) is 6.34. The second kappa shape index (κ2) is 8.29. The number of aromatic nitrogens is 1. The minimum Gasteiger partial charge on any atom is -0.324 e. The Labute approximate surface area is 163 Å². The van der Waals surface area contributed by atoms with Crippen molar-refractivity contribution in [2.24, 2.45) is 0 Å². The fourth-order valence-corrected chi connectivity index (χ4v) is 3.54. The number of halogens is 1. The van der Waals surface area contributed by atoms with Gasteiger partial charge >= 0.3 is 0 Å². The number of nitro groups is 1. The lowest BCUT2D eigenvalue weighted by Crippen LogP contribution is -2.15. The number of nitrogens with one attached hydrogen (secondary N) is 1. The molecule has 0 unspecified atom stereocenters. The monoisotopic (exact) mass is 434 g/mol. The standard InChI is InChI=1S/C17H15BrN4O3S/c1-9-10(2)13(7-19)17(20-11(9)3)26-8-16(23)21-15-5-4-12(22(24)25)6-14(15)18/h4-6H,8H2,1-3H3,(H,21,23). The number of nitrogens with zero attached hydrogens (tertiary/aromatic N) is 3. The fourth-order valence-electron chi connectivity index (χ4n) is 2.19. The van der Waals surface area contributed by atoms with Crippen LogP contribution < -0.4 is 5.32 Å². The minimum absolute atomic E-state index is 0.0625. The summed E-state index contributed by atoms with van der Waals surface area (Å²) in [6.45, 7) is 5.63. The SMILES string of the molecule is Cc1nc(SCC(=O)Nc2ccc([N+](=O)[O-])cc2Br)c(C#N)c(C)c1C. The number of thioether (sulfide) groups is 1. The van der Waals surface area contributed by atoms with Crippen LogP contribution in [0.4, 0.5) is 11.4 Å². The summed E-state index contributed by atoms with van der Waals surface area (Å²) in [5.74, 6) is -0.237. The van der Waals surface area contributed by atoms with Gasteiger partial charge in [-0.3, -0.25) is 14.9 Å².